The van der Waals surface area contributed by atoms with Crippen LogP contribution in [0.2, 0.25) is 0 Å². The molecular formula is C16H21NO2. The molecule has 3 nitrogen and oxygen atoms in total. The summed E-state index contributed by atoms with van der Waals surface area (Å²) in [6, 6.07) is 0. The summed E-state index contributed by atoms with van der Waals surface area (Å²) in [7, 11) is 0. The lowest BCUT2D eigenvalue weighted by Gasteiger charge is -2.27. The Morgan fingerprint density at radius 1 is 0.947 bits per heavy atom. The monoisotopic (exact) mass is 259 g/mol. The highest BCUT2D eigenvalue weighted by atomic mass is 16.5. The van der Waals surface area contributed by atoms with E-state index < -0.39 is 0 Å². The van der Waals surface area contributed by atoms with E-state index in [0.717, 1.165) is 39.1 Å². The van der Waals surface area contributed by atoms with Gasteiger partial charge in [0.25, 0.3) is 0 Å². The second-order valence-electron chi connectivity index (χ2n) is 5.88. The van der Waals surface area contributed by atoms with Gasteiger partial charge in [-0.05, 0) is 44.3 Å². The fourth-order valence-corrected chi connectivity index (χ4v) is 3.92. The van der Waals surface area contributed by atoms with Crippen molar-refractivity contribution in [3.05, 3.63) is 22.3 Å². The average molecular weight is 259 g/mol. The Labute approximate surface area is 114 Å². The lowest BCUT2D eigenvalue weighted by molar-refractivity contribution is 0.345. The molecule has 0 unspecified atom stereocenters. The summed E-state index contributed by atoms with van der Waals surface area (Å²) >= 11 is 0. The molecule has 3 heteroatoms. The van der Waals surface area contributed by atoms with Crippen molar-refractivity contribution in [3.8, 4) is 11.5 Å². The van der Waals surface area contributed by atoms with Crippen LogP contribution < -0.4 is 14.8 Å². The minimum Gasteiger partial charge on any atom is -0.493 e. The van der Waals surface area contributed by atoms with Crippen molar-refractivity contribution >= 4 is 0 Å². The molecule has 3 heterocycles. The zero-order valence-corrected chi connectivity index (χ0v) is 11.6. The average Bonchev–Trinajstić information content (AvgIpc) is 3.09. The summed E-state index contributed by atoms with van der Waals surface area (Å²) in [5.41, 5.74) is 5.68. The summed E-state index contributed by atoms with van der Waals surface area (Å²) < 4.78 is 11.9. The minimum absolute atomic E-state index is 0.657. The van der Waals surface area contributed by atoms with E-state index in [2.05, 4.69) is 12.2 Å². The molecule has 0 aromatic heterocycles. The Morgan fingerprint density at radius 2 is 1.63 bits per heavy atom. The second-order valence-corrected chi connectivity index (χ2v) is 5.88. The van der Waals surface area contributed by atoms with Crippen molar-refractivity contribution in [2.24, 2.45) is 0 Å². The van der Waals surface area contributed by atoms with Crippen LogP contribution in [0.25, 0.3) is 0 Å². The summed E-state index contributed by atoms with van der Waals surface area (Å²) in [5, 5.41) is 3.46. The summed E-state index contributed by atoms with van der Waals surface area (Å²) in [5.74, 6) is 3.05. The third kappa shape index (κ3) is 1.68. The van der Waals surface area contributed by atoms with Crippen molar-refractivity contribution in [2.45, 2.75) is 38.5 Å². The number of ether oxygens (including phenoxy) is 2. The van der Waals surface area contributed by atoms with Crippen LogP contribution in [-0.4, -0.2) is 26.3 Å². The first kappa shape index (κ1) is 11.6. The molecule has 0 radical (unpaired) electrons. The highest BCUT2D eigenvalue weighted by Gasteiger charge is 2.33. The molecule has 4 rings (SSSR count). The van der Waals surface area contributed by atoms with E-state index >= 15 is 0 Å². The van der Waals surface area contributed by atoms with Crippen LogP contribution in [0.1, 0.15) is 41.0 Å². The first-order valence-electron chi connectivity index (χ1n) is 7.50. The van der Waals surface area contributed by atoms with Gasteiger partial charge in [-0.15, -0.1) is 0 Å². The van der Waals surface area contributed by atoms with Crippen LogP contribution in [0.4, 0.5) is 0 Å². The number of piperidine rings is 1. The molecule has 1 N–H and O–H groups in total. The number of hydrogen-bond donors (Lipinski definition) is 1. The van der Waals surface area contributed by atoms with Gasteiger partial charge < -0.3 is 14.8 Å². The van der Waals surface area contributed by atoms with E-state index in [1.165, 1.54) is 46.6 Å². The number of fused-ring (bicyclic) bond motifs is 2. The largest absolute Gasteiger partial charge is 0.493 e. The third-order valence-electron chi connectivity index (χ3n) is 4.86. The lowest BCUT2D eigenvalue weighted by atomic mass is 9.83. The van der Waals surface area contributed by atoms with Crippen molar-refractivity contribution in [1.82, 2.24) is 5.32 Å². The van der Waals surface area contributed by atoms with Gasteiger partial charge in [-0.2, -0.15) is 0 Å². The molecule has 1 saturated heterocycles. The van der Waals surface area contributed by atoms with E-state index in [4.69, 9.17) is 9.47 Å². The molecule has 1 aromatic rings. The van der Waals surface area contributed by atoms with E-state index in [9.17, 15) is 0 Å². The minimum atomic E-state index is 0.657. The van der Waals surface area contributed by atoms with Crippen LogP contribution in [0.3, 0.4) is 0 Å². The smallest absolute Gasteiger partial charge is 0.126 e. The van der Waals surface area contributed by atoms with Crippen LogP contribution in [0.5, 0.6) is 11.5 Å². The first-order valence-corrected chi connectivity index (χ1v) is 7.50. The number of benzene rings is 1. The van der Waals surface area contributed by atoms with Crippen LogP contribution in [0, 0.1) is 6.92 Å². The maximum atomic E-state index is 6.01. The molecule has 0 spiro atoms. The maximum Gasteiger partial charge on any atom is 0.126 e. The van der Waals surface area contributed by atoms with Gasteiger partial charge in [-0.25, -0.2) is 0 Å². The van der Waals surface area contributed by atoms with E-state index in [1.54, 1.807) is 0 Å². The Morgan fingerprint density at radius 3 is 2.42 bits per heavy atom. The Balaban J connectivity index is 1.89. The fourth-order valence-electron chi connectivity index (χ4n) is 3.92. The molecule has 102 valence electrons. The number of nitrogens with one attached hydrogen (secondary N) is 1. The van der Waals surface area contributed by atoms with Gasteiger partial charge in [0.15, 0.2) is 0 Å². The van der Waals surface area contributed by atoms with Crippen LogP contribution in [-0.2, 0) is 12.8 Å². The molecule has 0 atom stereocenters. The highest BCUT2D eigenvalue weighted by Crippen LogP contribution is 2.48. The molecule has 1 fully saturated rings. The quantitative estimate of drug-likeness (QED) is 0.839. The predicted molar refractivity (Wildman–Crippen MR) is 74.4 cm³/mol. The lowest BCUT2D eigenvalue weighted by Crippen LogP contribution is -2.27. The summed E-state index contributed by atoms with van der Waals surface area (Å²) in [4.78, 5) is 0. The van der Waals surface area contributed by atoms with Crippen LogP contribution >= 0.6 is 0 Å². The van der Waals surface area contributed by atoms with Gasteiger partial charge in [-0.1, -0.05) is 0 Å². The van der Waals surface area contributed by atoms with Gasteiger partial charge >= 0.3 is 0 Å². The van der Waals surface area contributed by atoms with E-state index in [0.29, 0.717) is 5.92 Å². The van der Waals surface area contributed by atoms with Crippen molar-refractivity contribution in [2.75, 3.05) is 26.3 Å². The zero-order valence-electron chi connectivity index (χ0n) is 11.6. The molecule has 0 bridgehead atoms. The van der Waals surface area contributed by atoms with E-state index in [1.807, 2.05) is 0 Å². The summed E-state index contributed by atoms with van der Waals surface area (Å²) in [6.07, 6.45) is 4.57. The van der Waals surface area contributed by atoms with Crippen molar-refractivity contribution < 1.29 is 9.47 Å². The molecule has 1 aromatic carbocycles. The topological polar surface area (TPSA) is 30.5 Å². The van der Waals surface area contributed by atoms with Gasteiger partial charge in [0.1, 0.15) is 11.5 Å². The Bertz CT molecular complexity index is 483. The Hall–Kier alpha value is -1.22. The van der Waals surface area contributed by atoms with Crippen molar-refractivity contribution in [1.29, 1.82) is 0 Å². The normalized spacial score (nSPS) is 21.7. The molecule has 3 aliphatic rings. The van der Waals surface area contributed by atoms with Crippen LogP contribution in [0.15, 0.2) is 0 Å². The Kier molecular flexibility index (Phi) is 2.69. The van der Waals surface area contributed by atoms with Gasteiger partial charge in [0.2, 0.25) is 0 Å². The number of rotatable bonds is 1. The van der Waals surface area contributed by atoms with Gasteiger partial charge in [0, 0.05) is 29.5 Å². The third-order valence-corrected chi connectivity index (χ3v) is 4.86. The van der Waals surface area contributed by atoms with Crippen molar-refractivity contribution in [3.63, 3.8) is 0 Å². The predicted octanol–water partition coefficient (Wildman–Crippen LogP) is 2.33. The van der Waals surface area contributed by atoms with Gasteiger partial charge in [0.05, 0.1) is 13.2 Å². The molecule has 19 heavy (non-hydrogen) atoms. The summed E-state index contributed by atoms with van der Waals surface area (Å²) in [6.45, 7) is 6.14. The maximum absolute atomic E-state index is 6.01. The SMILES string of the molecule is Cc1c2c(c(C3CCNCC3)c3c1OCC3)OCC2. The molecular weight excluding hydrogens is 238 g/mol. The molecule has 0 amide bonds. The fraction of sp³-hybridized carbons (Fsp3) is 0.625. The highest BCUT2D eigenvalue weighted by molar-refractivity contribution is 5.62. The molecule has 0 saturated carbocycles. The zero-order chi connectivity index (χ0) is 12.8. The molecule has 3 aliphatic heterocycles. The molecule has 0 aliphatic carbocycles. The van der Waals surface area contributed by atoms with E-state index in [-0.39, 0.29) is 0 Å². The standard InChI is InChI=1S/C16H21NO2/c1-10-12-4-8-19-16(12)14(11-2-6-17-7-3-11)13-5-9-18-15(10)13/h11,17H,2-9H2,1H3. The first-order chi connectivity index (χ1) is 9.36. The van der Waals surface area contributed by atoms with Gasteiger partial charge in [-0.3, -0.25) is 0 Å². The number of hydrogen-bond acceptors (Lipinski definition) is 3. The second kappa shape index (κ2) is 4.41.